The molecule has 24 heavy (non-hydrogen) atoms. The second-order valence-electron chi connectivity index (χ2n) is 6.15. The molecule has 0 aromatic carbocycles. The monoisotopic (exact) mass is 335 g/mol. The minimum absolute atomic E-state index is 0.0241. The van der Waals surface area contributed by atoms with E-state index in [4.69, 9.17) is 9.52 Å². The van der Waals surface area contributed by atoms with E-state index in [1.807, 2.05) is 0 Å². The van der Waals surface area contributed by atoms with Gasteiger partial charge in [-0.1, -0.05) is 0 Å². The summed E-state index contributed by atoms with van der Waals surface area (Å²) < 4.78 is 5.03. The first-order valence-corrected chi connectivity index (χ1v) is 7.57. The van der Waals surface area contributed by atoms with Gasteiger partial charge in [0, 0.05) is 13.1 Å². The zero-order chi connectivity index (χ0) is 17.5. The largest absolute Gasteiger partial charge is 0.475 e. The molecule has 9 nitrogen and oxygen atoms in total. The van der Waals surface area contributed by atoms with Gasteiger partial charge in [0.15, 0.2) is 5.76 Å². The predicted octanol–water partition coefficient (Wildman–Crippen LogP) is 0.428. The standard InChI is InChI=1S/C15H17N3O6/c1-15(13(22)16-14(23)17-15)8-4-6-18(7-5-8)11(19)9-2-3-10(24-9)12(20)21/h2-3,8H,4-7H2,1H3,(H,20,21)(H2,16,17,22,23)/t15-/m1/s1. The first kappa shape index (κ1) is 16.0. The van der Waals surface area contributed by atoms with Gasteiger partial charge in [0.25, 0.3) is 11.8 Å². The summed E-state index contributed by atoms with van der Waals surface area (Å²) in [6.07, 6.45) is 1.09. The zero-order valence-corrected chi connectivity index (χ0v) is 13.0. The Kier molecular flexibility index (Phi) is 3.78. The maximum absolute atomic E-state index is 12.4. The number of piperidine rings is 1. The van der Waals surface area contributed by atoms with E-state index in [1.54, 1.807) is 11.8 Å². The number of furan rings is 1. The van der Waals surface area contributed by atoms with E-state index in [9.17, 15) is 19.2 Å². The van der Waals surface area contributed by atoms with Crippen molar-refractivity contribution in [2.45, 2.75) is 25.3 Å². The predicted molar refractivity (Wildman–Crippen MR) is 79.4 cm³/mol. The Morgan fingerprint density at radius 1 is 1.25 bits per heavy atom. The highest BCUT2D eigenvalue weighted by atomic mass is 16.4. The van der Waals surface area contributed by atoms with E-state index in [2.05, 4.69) is 10.6 Å². The molecule has 2 aliphatic rings. The Morgan fingerprint density at radius 2 is 1.88 bits per heavy atom. The molecule has 2 fully saturated rings. The number of carboxylic acids is 1. The van der Waals surface area contributed by atoms with Crippen LogP contribution < -0.4 is 10.6 Å². The lowest BCUT2D eigenvalue weighted by atomic mass is 9.79. The van der Waals surface area contributed by atoms with Crippen LogP contribution in [0.25, 0.3) is 0 Å². The van der Waals surface area contributed by atoms with Crippen molar-refractivity contribution in [2.24, 2.45) is 5.92 Å². The van der Waals surface area contributed by atoms with Crippen LogP contribution in [-0.2, 0) is 4.79 Å². The number of carbonyl (C=O) groups excluding carboxylic acids is 3. The number of nitrogens with one attached hydrogen (secondary N) is 2. The van der Waals surface area contributed by atoms with E-state index in [0.717, 1.165) is 0 Å². The number of rotatable bonds is 3. The number of carbonyl (C=O) groups is 4. The quantitative estimate of drug-likeness (QED) is 0.687. The maximum Gasteiger partial charge on any atom is 0.371 e. The van der Waals surface area contributed by atoms with Crippen LogP contribution in [0.1, 0.15) is 40.9 Å². The fraction of sp³-hybridized carbons (Fsp3) is 0.467. The average molecular weight is 335 g/mol. The number of nitrogens with zero attached hydrogens (tertiary/aromatic N) is 1. The van der Waals surface area contributed by atoms with Gasteiger partial charge in [0.2, 0.25) is 5.76 Å². The summed E-state index contributed by atoms with van der Waals surface area (Å²) in [4.78, 5) is 48.0. The van der Waals surface area contributed by atoms with Crippen molar-refractivity contribution < 1.29 is 28.7 Å². The number of carboxylic acid groups (broad SMARTS) is 1. The van der Waals surface area contributed by atoms with Gasteiger partial charge in [-0.3, -0.25) is 14.9 Å². The van der Waals surface area contributed by atoms with Gasteiger partial charge in [-0.2, -0.15) is 0 Å². The smallest absolute Gasteiger partial charge is 0.371 e. The Morgan fingerprint density at radius 3 is 2.38 bits per heavy atom. The number of hydrogen-bond donors (Lipinski definition) is 3. The highest BCUT2D eigenvalue weighted by molar-refractivity contribution is 6.07. The SMILES string of the molecule is C[C@]1(C2CCN(C(=O)c3ccc(C(=O)O)o3)CC2)NC(=O)NC1=O. The third kappa shape index (κ3) is 2.61. The molecule has 4 amide bonds. The lowest BCUT2D eigenvalue weighted by Crippen LogP contribution is -2.54. The van der Waals surface area contributed by atoms with Crippen molar-refractivity contribution in [1.82, 2.24) is 15.5 Å². The van der Waals surface area contributed by atoms with Crippen LogP contribution in [0, 0.1) is 5.92 Å². The van der Waals surface area contributed by atoms with E-state index in [0.29, 0.717) is 25.9 Å². The summed E-state index contributed by atoms with van der Waals surface area (Å²) in [5, 5.41) is 13.7. The van der Waals surface area contributed by atoms with Crippen LogP contribution in [0.3, 0.4) is 0 Å². The topological polar surface area (TPSA) is 129 Å². The molecule has 3 heterocycles. The second-order valence-corrected chi connectivity index (χ2v) is 6.15. The van der Waals surface area contributed by atoms with Crippen molar-refractivity contribution in [3.63, 3.8) is 0 Å². The number of amides is 4. The third-order valence-corrected chi connectivity index (χ3v) is 4.70. The summed E-state index contributed by atoms with van der Waals surface area (Å²) >= 11 is 0. The fourth-order valence-corrected chi connectivity index (χ4v) is 3.23. The Balaban J connectivity index is 1.64. The normalized spacial score (nSPS) is 24.6. The first-order chi connectivity index (χ1) is 11.3. The second kappa shape index (κ2) is 5.66. The van der Waals surface area contributed by atoms with Crippen LogP contribution in [0.2, 0.25) is 0 Å². The maximum atomic E-state index is 12.4. The number of imide groups is 1. The fourth-order valence-electron chi connectivity index (χ4n) is 3.23. The van der Waals surface area contributed by atoms with Gasteiger partial charge >= 0.3 is 12.0 Å². The van der Waals surface area contributed by atoms with Crippen LogP contribution in [0.15, 0.2) is 16.5 Å². The molecule has 0 aliphatic carbocycles. The Hall–Kier alpha value is -2.84. The molecule has 3 rings (SSSR count). The van der Waals surface area contributed by atoms with E-state index in [1.165, 1.54) is 12.1 Å². The van der Waals surface area contributed by atoms with Crippen LogP contribution in [-0.4, -0.2) is 52.4 Å². The summed E-state index contributed by atoms with van der Waals surface area (Å²) in [5.74, 6) is -2.36. The van der Waals surface area contributed by atoms with Crippen molar-refractivity contribution >= 4 is 23.8 Å². The first-order valence-electron chi connectivity index (χ1n) is 7.57. The molecule has 2 aliphatic heterocycles. The van der Waals surface area contributed by atoms with E-state index in [-0.39, 0.29) is 29.3 Å². The summed E-state index contributed by atoms with van der Waals surface area (Å²) in [5.41, 5.74) is -0.965. The molecule has 1 aromatic rings. The van der Waals surface area contributed by atoms with Crippen LogP contribution in [0.5, 0.6) is 0 Å². The van der Waals surface area contributed by atoms with E-state index < -0.39 is 17.5 Å². The number of likely N-dealkylation sites (tertiary alicyclic amines) is 1. The number of aromatic carboxylic acids is 1. The van der Waals surface area contributed by atoms with Crippen molar-refractivity contribution in [3.8, 4) is 0 Å². The Bertz CT molecular complexity index is 719. The lowest BCUT2D eigenvalue weighted by molar-refractivity contribution is -0.125. The number of urea groups is 1. The minimum atomic E-state index is -1.23. The molecule has 0 unspecified atom stereocenters. The van der Waals surface area contributed by atoms with Gasteiger partial charge in [0.1, 0.15) is 5.54 Å². The Labute approximate surface area is 137 Å². The summed E-state index contributed by atoms with van der Waals surface area (Å²) in [7, 11) is 0. The molecule has 0 saturated carbocycles. The lowest BCUT2D eigenvalue weighted by Gasteiger charge is -2.38. The van der Waals surface area contributed by atoms with Crippen molar-refractivity contribution in [1.29, 1.82) is 0 Å². The minimum Gasteiger partial charge on any atom is -0.475 e. The molecular weight excluding hydrogens is 318 g/mol. The molecule has 0 bridgehead atoms. The molecule has 9 heteroatoms. The molecule has 0 spiro atoms. The molecule has 128 valence electrons. The molecule has 2 saturated heterocycles. The molecule has 1 atom stereocenters. The number of hydrogen-bond acceptors (Lipinski definition) is 5. The van der Waals surface area contributed by atoms with Crippen molar-refractivity contribution in [2.75, 3.05) is 13.1 Å². The summed E-state index contributed by atoms with van der Waals surface area (Å²) in [6.45, 7) is 2.47. The molecular formula is C15H17N3O6. The van der Waals surface area contributed by atoms with Crippen molar-refractivity contribution in [3.05, 3.63) is 23.7 Å². The van der Waals surface area contributed by atoms with Crippen LogP contribution >= 0.6 is 0 Å². The van der Waals surface area contributed by atoms with Gasteiger partial charge < -0.3 is 19.7 Å². The molecule has 3 N–H and O–H groups in total. The zero-order valence-electron chi connectivity index (χ0n) is 13.0. The summed E-state index contributed by atoms with van der Waals surface area (Å²) in [6, 6.07) is 2.07. The highest BCUT2D eigenvalue weighted by Crippen LogP contribution is 2.31. The average Bonchev–Trinajstić information content (AvgIpc) is 3.13. The third-order valence-electron chi connectivity index (χ3n) is 4.70. The van der Waals surface area contributed by atoms with Gasteiger partial charge in [-0.05, 0) is 37.8 Å². The highest BCUT2D eigenvalue weighted by Gasteiger charge is 2.48. The van der Waals surface area contributed by atoms with Gasteiger partial charge in [-0.15, -0.1) is 0 Å². The van der Waals surface area contributed by atoms with Gasteiger partial charge in [0.05, 0.1) is 0 Å². The van der Waals surface area contributed by atoms with Gasteiger partial charge in [-0.25, -0.2) is 9.59 Å². The molecule has 1 aromatic heterocycles. The van der Waals surface area contributed by atoms with Crippen LogP contribution in [0.4, 0.5) is 4.79 Å². The molecule has 0 radical (unpaired) electrons. The van der Waals surface area contributed by atoms with E-state index >= 15 is 0 Å².